The van der Waals surface area contributed by atoms with Gasteiger partial charge in [0.2, 0.25) is 5.90 Å². The highest BCUT2D eigenvalue weighted by atomic mass is 127. The summed E-state index contributed by atoms with van der Waals surface area (Å²) in [5, 5.41) is 0.469. The zero-order valence-electron chi connectivity index (χ0n) is 17.5. The van der Waals surface area contributed by atoms with Crippen LogP contribution in [0.15, 0.2) is 71.4 Å². The minimum atomic E-state index is -0.530. The first-order chi connectivity index (χ1) is 15.9. The molecule has 168 valence electrons. The van der Waals surface area contributed by atoms with Crippen molar-refractivity contribution in [3.63, 3.8) is 0 Å². The van der Waals surface area contributed by atoms with E-state index < -0.39 is 5.97 Å². The molecule has 0 saturated heterocycles. The number of methoxy groups -OCH3 is 1. The third-order valence-electron chi connectivity index (χ3n) is 4.81. The molecule has 0 amide bonds. The van der Waals surface area contributed by atoms with Gasteiger partial charge in [-0.2, -0.15) is 0 Å². The van der Waals surface area contributed by atoms with E-state index in [1.54, 1.807) is 19.3 Å². The number of benzene rings is 3. The first-order valence-electron chi connectivity index (χ1n) is 9.97. The van der Waals surface area contributed by atoms with E-state index in [-0.39, 0.29) is 11.6 Å². The van der Waals surface area contributed by atoms with Crippen LogP contribution in [0.3, 0.4) is 0 Å². The molecule has 33 heavy (non-hydrogen) atoms. The van der Waals surface area contributed by atoms with Gasteiger partial charge in [-0.25, -0.2) is 9.79 Å². The van der Waals surface area contributed by atoms with Gasteiger partial charge in [0.15, 0.2) is 17.2 Å². The molecule has 1 aliphatic rings. The van der Waals surface area contributed by atoms with Crippen LogP contribution in [-0.2, 0) is 16.0 Å². The molecule has 5 nitrogen and oxygen atoms in total. The van der Waals surface area contributed by atoms with Gasteiger partial charge in [0, 0.05) is 9.99 Å². The van der Waals surface area contributed by atoms with Gasteiger partial charge >= 0.3 is 5.97 Å². The molecule has 4 rings (SSSR count). The molecule has 0 N–H and O–H groups in total. The molecule has 0 aromatic heterocycles. The molecular weight excluding hydrogens is 668 g/mol. The summed E-state index contributed by atoms with van der Waals surface area (Å²) in [6.07, 6.45) is 2.45. The third-order valence-corrected chi connectivity index (χ3v) is 6.62. The third kappa shape index (κ3) is 5.88. The van der Waals surface area contributed by atoms with Gasteiger partial charge in [0.1, 0.15) is 0 Å². The van der Waals surface area contributed by atoms with Gasteiger partial charge in [-0.15, -0.1) is 0 Å². The molecule has 0 bridgehead atoms. The first kappa shape index (κ1) is 24.0. The number of carbonyl (C=O) groups is 1. The Bertz CT molecular complexity index is 1260. The maximum absolute atomic E-state index is 12.4. The number of ether oxygens (including phenoxy) is 3. The van der Waals surface area contributed by atoms with Crippen LogP contribution < -0.4 is 9.47 Å². The average Bonchev–Trinajstić information content (AvgIpc) is 3.17. The molecule has 0 fully saturated rings. The van der Waals surface area contributed by atoms with Crippen molar-refractivity contribution in [3.8, 4) is 11.5 Å². The van der Waals surface area contributed by atoms with Crippen LogP contribution >= 0.6 is 56.8 Å². The van der Waals surface area contributed by atoms with Crippen LogP contribution in [0.2, 0.25) is 5.02 Å². The number of esters is 1. The molecule has 0 unspecified atom stereocenters. The van der Waals surface area contributed by atoms with Gasteiger partial charge in [-0.3, -0.25) is 0 Å². The van der Waals surface area contributed by atoms with Crippen molar-refractivity contribution in [2.24, 2.45) is 4.99 Å². The van der Waals surface area contributed by atoms with Crippen molar-refractivity contribution < 1.29 is 19.0 Å². The molecule has 0 aliphatic carbocycles. The molecule has 3 aromatic carbocycles. The Labute approximate surface area is 224 Å². The Morgan fingerprint density at radius 1 is 1.09 bits per heavy atom. The minimum Gasteiger partial charge on any atom is -0.493 e. The lowest BCUT2D eigenvalue weighted by molar-refractivity contribution is -0.129. The fourth-order valence-electron chi connectivity index (χ4n) is 3.22. The number of halogens is 3. The fraction of sp³-hybridized carbons (Fsp3) is 0.120. The molecule has 0 spiro atoms. The number of hydrogen-bond donors (Lipinski definition) is 0. The minimum absolute atomic E-state index is 0.190. The second kappa shape index (κ2) is 10.9. The monoisotopic (exact) mass is 685 g/mol. The zero-order chi connectivity index (χ0) is 23.4. The number of cyclic esters (lactones) is 1. The lowest BCUT2D eigenvalue weighted by Crippen LogP contribution is -2.06. The van der Waals surface area contributed by atoms with Crippen LogP contribution in [0.5, 0.6) is 11.5 Å². The fourth-order valence-corrected chi connectivity index (χ4v) is 4.69. The molecule has 0 atom stereocenters. The highest BCUT2D eigenvalue weighted by Gasteiger charge is 2.26. The quantitative estimate of drug-likeness (QED) is 0.162. The van der Waals surface area contributed by atoms with E-state index in [0.29, 0.717) is 28.7 Å². The summed E-state index contributed by atoms with van der Waals surface area (Å²) >= 11 is 10.6. The van der Waals surface area contributed by atoms with E-state index in [1.807, 2.05) is 42.5 Å². The highest BCUT2D eigenvalue weighted by Crippen LogP contribution is 2.35. The van der Waals surface area contributed by atoms with Crippen molar-refractivity contribution in [3.05, 3.63) is 95.2 Å². The van der Waals surface area contributed by atoms with E-state index >= 15 is 0 Å². The van der Waals surface area contributed by atoms with Crippen molar-refractivity contribution in [2.75, 3.05) is 13.7 Å². The molecule has 8 heteroatoms. The SMILES string of the molecule is COc1cc(/C=C2\N=C(c3cc(I)ccc3Cl)OC2=O)cc(I)c1OCCc1ccccc1. The number of carbonyl (C=O) groups excluding carboxylic acids is 1. The molecule has 1 heterocycles. The lowest BCUT2D eigenvalue weighted by atomic mass is 10.1. The standard InChI is InChI=1S/C25H18ClI2NO4/c1-31-22-13-16(11-20(28)23(22)32-10-9-15-5-3-2-4-6-15)12-21-25(30)33-24(29-21)18-14-17(27)7-8-19(18)26/h2-8,11-14H,9-10H2,1H3/b21-12-. The number of aliphatic imine (C=N–C) groups is 1. The van der Waals surface area contributed by atoms with Gasteiger partial charge in [0.05, 0.1) is 27.9 Å². The molecule has 3 aromatic rings. The highest BCUT2D eigenvalue weighted by molar-refractivity contribution is 14.1. The van der Waals surface area contributed by atoms with E-state index in [2.05, 4.69) is 62.3 Å². The first-order valence-corrected chi connectivity index (χ1v) is 12.5. The van der Waals surface area contributed by atoms with E-state index in [1.165, 1.54) is 5.56 Å². The van der Waals surface area contributed by atoms with Crippen molar-refractivity contribution in [1.29, 1.82) is 0 Å². The zero-order valence-corrected chi connectivity index (χ0v) is 22.6. The van der Waals surface area contributed by atoms with Crippen molar-refractivity contribution >= 4 is 74.7 Å². The largest absolute Gasteiger partial charge is 0.493 e. The number of nitrogens with zero attached hydrogens (tertiary/aromatic N) is 1. The maximum atomic E-state index is 12.4. The average molecular weight is 686 g/mol. The van der Waals surface area contributed by atoms with E-state index in [0.717, 1.165) is 19.1 Å². The van der Waals surface area contributed by atoms with E-state index in [9.17, 15) is 4.79 Å². The summed E-state index contributed by atoms with van der Waals surface area (Å²) in [5.74, 6) is 0.910. The summed E-state index contributed by atoms with van der Waals surface area (Å²) < 4.78 is 18.8. The Balaban J connectivity index is 1.56. The maximum Gasteiger partial charge on any atom is 0.363 e. The van der Waals surface area contributed by atoms with Crippen LogP contribution in [0.4, 0.5) is 0 Å². The smallest absolute Gasteiger partial charge is 0.363 e. The Morgan fingerprint density at radius 3 is 2.64 bits per heavy atom. The van der Waals surface area contributed by atoms with Crippen LogP contribution in [0.25, 0.3) is 6.08 Å². The summed E-state index contributed by atoms with van der Waals surface area (Å²) in [4.78, 5) is 16.8. The number of rotatable bonds is 7. The Hall–Kier alpha value is -2.11. The number of hydrogen-bond acceptors (Lipinski definition) is 5. The molecule has 1 aliphatic heterocycles. The van der Waals surface area contributed by atoms with Crippen molar-refractivity contribution in [1.82, 2.24) is 0 Å². The summed E-state index contributed by atoms with van der Waals surface area (Å²) in [7, 11) is 1.59. The van der Waals surface area contributed by atoms with Crippen molar-refractivity contribution in [2.45, 2.75) is 6.42 Å². The summed E-state index contributed by atoms with van der Waals surface area (Å²) in [5.41, 5.74) is 2.72. The van der Waals surface area contributed by atoms with Gasteiger partial charge in [-0.1, -0.05) is 41.9 Å². The Kier molecular flexibility index (Phi) is 7.92. The normalized spacial score (nSPS) is 14.2. The molecular formula is C25H18ClI2NO4. The second-order valence-corrected chi connectivity index (χ2v) is 9.89. The summed E-state index contributed by atoms with van der Waals surface area (Å²) in [6.45, 7) is 0.521. The summed E-state index contributed by atoms with van der Waals surface area (Å²) in [6, 6.07) is 19.3. The molecule has 0 radical (unpaired) electrons. The lowest BCUT2D eigenvalue weighted by Gasteiger charge is -2.13. The van der Waals surface area contributed by atoms with Gasteiger partial charge < -0.3 is 14.2 Å². The van der Waals surface area contributed by atoms with Crippen LogP contribution in [0, 0.1) is 7.14 Å². The van der Waals surface area contributed by atoms with E-state index in [4.69, 9.17) is 25.8 Å². The topological polar surface area (TPSA) is 57.1 Å². The van der Waals surface area contributed by atoms with Crippen LogP contribution in [0.1, 0.15) is 16.7 Å². The van der Waals surface area contributed by atoms with Gasteiger partial charge in [0.25, 0.3) is 0 Å². The Morgan fingerprint density at radius 2 is 1.88 bits per heavy atom. The van der Waals surface area contributed by atoms with Gasteiger partial charge in [-0.05, 0) is 92.7 Å². The predicted octanol–water partition coefficient (Wildman–Crippen LogP) is 6.52. The molecule has 0 saturated carbocycles. The van der Waals surface area contributed by atoms with Crippen LogP contribution in [-0.4, -0.2) is 25.6 Å². The predicted molar refractivity (Wildman–Crippen MR) is 146 cm³/mol. The second-order valence-electron chi connectivity index (χ2n) is 7.08.